The van der Waals surface area contributed by atoms with E-state index >= 15 is 0 Å². The van der Waals surface area contributed by atoms with E-state index in [1.54, 1.807) is 0 Å². The van der Waals surface area contributed by atoms with Gasteiger partial charge in [-0.2, -0.15) is 13.2 Å². The second-order valence-corrected chi connectivity index (χ2v) is 3.83. The van der Waals surface area contributed by atoms with Crippen LogP contribution in [0.25, 0.3) is 0 Å². The molecule has 0 radical (unpaired) electrons. The molecule has 0 saturated carbocycles. The first-order valence-electron chi connectivity index (χ1n) is 5.12. The molecule has 0 spiro atoms. The van der Waals surface area contributed by atoms with Crippen LogP contribution in [0.4, 0.5) is 24.5 Å². The molecule has 3 N–H and O–H groups in total. The van der Waals surface area contributed by atoms with Crippen molar-refractivity contribution < 1.29 is 23.1 Å². The third-order valence-electron chi connectivity index (χ3n) is 2.46. The van der Waals surface area contributed by atoms with Crippen LogP contribution in [-0.4, -0.2) is 30.8 Å². The highest BCUT2D eigenvalue weighted by atomic mass is 19.4. The van der Waals surface area contributed by atoms with Gasteiger partial charge in [0.15, 0.2) is 0 Å². The van der Waals surface area contributed by atoms with Gasteiger partial charge in [-0.25, -0.2) is 4.79 Å². The second-order valence-electron chi connectivity index (χ2n) is 3.83. The number of nitrogen functional groups attached to an aromatic ring is 1. The molecule has 0 aliphatic rings. The molecule has 4 nitrogen and oxygen atoms in total. The number of para-hydroxylation sites is 1. The minimum atomic E-state index is -4.26. The first-order chi connectivity index (χ1) is 8.22. The van der Waals surface area contributed by atoms with E-state index in [0.717, 1.165) is 0 Å². The van der Waals surface area contributed by atoms with E-state index in [4.69, 9.17) is 10.8 Å². The molecule has 18 heavy (non-hydrogen) atoms. The number of anilines is 2. The molecule has 1 aromatic rings. The zero-order valence-electron chi connectivity index (χ0n) is 9.66. The van der Waals surface area contributed by atoms with Crippen molar-refractivity contribution in [1.82, 2.24) is 0 Å². The van der Waals surface area contributed by atoms with Gasteiger partial charge in [-0.15, -0.1) is 0 Å². The van der Waals surface area contributed by atoms with Crippen LogP contribution < -0.4 is 10.6 Å². The van der Waals surface area contributed by atoms with Crippen LogP contribution in [0.3, 0.4) is 0 Å². The van der Waals surface area contributed by atoms with Crippen LogP contribution in [0.2, 0.25) is 0 Å². The summed E-state index contributed by atoms with van der Waals surface area (Å²) in [6.07, 6.45) is -5.24. The Morgan fingerprint density at radius 2 is 2.06 bits per heavy atom. The maximum atomic E-state index is 12.1. The van der Waals surface area contributed by atoms with Crippen molar-refractivity contribution in [3.05, 3.63) is 23.8 Å². The summed E-state index contributed by atoms with van der Waals surface area (Å²) in [6, 6.07) is 4.23. The summed E-state index contributed by atoms with van der Waals surface area (Å²) >= 11 is 0. The SMILES string of the molecule is CN(CCC(F)(F)F)c1cccc(C(=O)O)c1N. The summed E-state index contributed by atoms with van der Waals surface area (Å²) in [5.41, 5.74) is 5.75. The highest BCUT2D eigenvalue weighted by molar-refractivity contribution is 5.97. The van der Waals surface area contributed by atoms with Crippen LogP contribution in [0, 0.1) is 0 Å². The number of alkyl halides is 3. The summed E-state index contributed by atoms with van der Waals surface area (Å²) in [5, 5.41) is 8.85. The van der Waals surface area contributed by atoms with Crippen LogP contribution >= 0.6 is 0 Å². The van der Waals surface area contributed by atoms with Gasteiger partial charge >= 0.3 is 12.1 Å². The van der Waals surface area contributed by atoms with Crippen molar-refractivity contribution in [2.24, 2.45) is 0 Å². The maximum Gasteiger partial charge on any atom is 0.390 e. The van der Waals surface area contributed by atoms with Crippen molar-refractivity contribution >= 4 is 17.3 Å². The predicted molar refractivity (Wildman–Crippen MR) is 61.8 cm³/mol. The van der Waals surface area contributed by atoms with Crippen molar-refractivity contribution in [2.75, 3.05) is 24.2 Å². The van der Waals surface area contributed by atoms with E-state index in [9.17, 15) is 18.0 Å². The quantitative estimate of drug-likeness (QED) is 0.817. The maximum absolute atomic E-state index is 12.1. The molecular formula is C11H13F3N2O2. The van der Waals surface area contributed by atoms with Crippen LogP contribution in [-0.2, 0) is 0 Å². The number of hydrogen-bond donors (Lipinski definition) is 2. The van der Waals surface area contributed by atoms with Crippen molar-refractivity contribution in [1.29, 1.82) is 0 Å². The molecule has 0 aliphatic carbocycles. The third kappa shape index (κ3) is 3.54. The number of carbonyl (C=O) groups is 1. The first-order valence-corrected chi connectivity index (χ1v) is 5.12. The lowest BCUT2D eigenvalue weighted by atomic mass is 10.1. The van der Waals surface area contributed by atoms with Crippen molar-refractivity contribution in [3.63, 3.8) is 0 Å². The number of aromatic carboxylic acids is 1. The number of halogens is 3. The van der Waals surface area contributed by atoms with Crippen LogP contribution in [0.5, 0.6) is 0 Å². The van der Waals surface area contributed by atoms with Gasteiger partial charge in [0.05, 0.1) is 23.4 Å². The molecule has 0 bridgehead atoms. The van der Waals surface area contributed by atoms with Crippen LogP contribution in [0.15, 0.2) is 18.2 Å². The molecule has 1 rings (SSSR count). The number of nitrogens with zero attached hydrogens (tertiary/aromatic N) is 1. The zero-order chi connectivity index (χ0) is 13.9. The summed E-state index contributed by atoms with van der Waals surface area (Å²) in [6.45, 7) is -0.281. The Labute approximate surface area is 102 Å². The summed E-state index contributed by atoms with van der Waals surface area (Å²) < 4.78 is 36.3. The lowest BCUT2D eigenvalue weighted by Gasteiger charge is -2.22. The number of carboxylic acid groups (broad SMARTS) is 1. The fourth-order valence-electron chi connectivity index (χ4n) is 1.49. The average molecular weight is 262 g/mol. The van der Waals surface area contributed by atoms with E-state index in [-0.39, 0.29) is 23.5 Å². The highest BCUT2D eigenvalue weighted by Gasteiger charge is 2.27. The van der Waals surface area contributed by atoms with Gasteiger partial charge in [-0.05, 0) is 12.1 Å². The fraction of sp³-hybridized carbons (Fsp3) is 0.364. The van der Waals surface area contributed by atoms with Gasteiger partial charge in [0.1, 0.15) is 0 Å². The van der Waals surface area contributed by atoms with Crippen molar-refractivity contribution in [3.8, 4) is 0 Å². The Bertz CT molecular complexity index is 446. The molecule has 100 valence electrons. The monoisotopic (exact) mass is 262 g/mol. The topological polar surface area (TPSA) is 66.6 Å². The van der Waals surface area contributed by atoms with Gasteiger partial charge in [0.2, 0.25) is 0 Å². The van der Waals surface area contributed by atoms with Gasteiger partial charge in [0, 0.05) is 13.6 Å². The Morgan fingerprint density at radius 1 is 1.44 bits per heavy atom. The average Bonchev–Trinajstić information content (AvgIpc) is 2.24. The van der Waals surface area contributed by atoms with Gasteiger partial charge in [-0.3, -0.25) is 0 Å². The van der Waals surface area contributed by atoms with E-state index in [2.05, 4.69) is 0 Å². The lowest BCUT2D eigenvalue weighted by molar-refractivity contribution is -0.132. The molecule has 0 amide bonds. The third-order valence-corrected chi connectivity index (χ3v) is 2.46. The Morgan fingerprint density at radius 3 is 2.56 bits per heavy atom. The number of nitrogens with two attached hydrogens (primary N) is 1. The van der Waals surface area contributed by atoms with Gasteiger partial charge < -0.3 is 15.7 Å². The molecule has 0 fully saturated rings. The normalized spacial score (nSPS) is 11.3. The Balaban J connectivity index is 2.89. The Kier molecular flexibility index (Phi) is 4.05. The van der Waals surface area contributed by atoms with Crippen molar-refractivity contribution in [2.45, 2.75) is 12.6 Å². The minimum absolute atomic E-state index is 0.0327. The molecule has 0 heterocycles. The summed E-state index contributed by atoms with van der Waals surface area (Å²) in [4.78, 5) is 12.1. The molecule has 1 aromatic carbocycles. The van der Waals surface area contributed by atoms with E-state index in [1.807, 2.05) is 0 Å². The lowest BCUT2D eigenvalue weighted by Crippen LogP contribution is -2.25. The minimum Gasteiger partial charge on any atom is -0.478 e. The number of hydrogen-bond acceptors (Lipinski definition) is 3. The molecule has 0 saturated heterocycles. The van der Waals surface area contributed by atoms with E-state index in [0.29, 0.717) is 0 Å². The second kappa shape index (κ2) is 5.16. The molecular weight excluding hydrogens is 249 g/mol. The van der Waals surface area contributed by atoms with E-state index in [1.165, 1.54) is 30.1 Å². The number of benzene rings is 1. The Hall–Kier alpha value is -1.92. The summed E-state index contributed by atoms with van der Waals surface area (Å²) in [7, 11) is 1.43. The molecule has 0 unspecified atom stereocenters. The zero-order valence-corrected chi connectivity index (χ0v) is 9.66. The largest absolute Gasteiger partial charge is 0.478 e. The first kappa shape index (κ1) is 14.1. The molecule has 0 aromatic heterocycles. The predicted octanol–water partition coefficient (Wildman–Crippen LogP) is 2.36. The van der Waals surface area contributed by atoms with Gasteiger partial charge in [-0.1, -0.05) is 6.07 Å². The fourth-order valence-corrected chi connectivity index (χ4v) is 1.49. The molecule has 7 heteroatoms. The molecule has 0 atom stereocenters. The number of rotatable bonds is 4. The highest BCUT2D eigenvalue weighted by Crippen LogP contribution is 2.27. The van der Waals surface area contributed by atoms with Crippen LogP contribution in [0.1, 0.15) is 16.8 Å². The standard InChI is InChI=1S/C11H13F3N2O2/c1-16(6-5-11(12,13)14)8-4-2-3-7(9(8)15)10(17)18/h2-4H,5-6,15H2,1H3,(H,17,18). The van der Waals surface area contributed by atoms with Gasteiger partial charge in [0.25, 0.3) is 0 Å². The smallest absolute Gasteiger partial charge is 0.390 e. The summed E-state index contributed by atoms with van der Waals surface area (Å²) in [5.74, 6) is -1.21. The van der Waals surface area contributed by atoms with E-state index < -0.39 is 18.6 Å². The number of carboxylic acids is 1. The molecule has 0 aliphatic heterocycles.